The van der Waals surface area contributed by atoms with Gasteiger partial charge in [-0.25, -0.2) is 4.79 Å². The first-order valence-corrected chi connectivity index (χ1v) is 7.84. The normalized spacial score (nSPS) is 10.8. The second-order valence-electron chi connectivity index (χ2n) is 4.53. The molecule has 0 saturated carbocycles. The number of ether oxygens (including phenoxy) is 1. The Balaban J connectivity index is 2.17. The zero-order valence-electron chi connectivity index (χ0n) is 11.4. The van der Waals surface area contributed by atoms with Crippen LogP contribution in [0.5, 0.6) is 0 Å². The van der Waals surface area contributed by atoms with Crippen molar-refractivity contribution in [1.29, 1.82) is 0 Å². The van der Waals surface area contributed by atoms with Gasteiger partial charge in [0.15, 0.2) is 0 Å². The fourth-order valence-corrected chi connectivity index (χ4v) is 3.60. The molecule has 0 radical (unpaired) electrons. The lowest BCUT2D eigenvalue weighted by molar-refractivity contribution is 0.0527. The van der Waals surface area contributed by atoms with E-state index in [4.69, 9.17) is 16.3 Å². The van der Waals surface area contributed by atoms with E-state index in [1.807, 2.05) is 24.3 Å². The molecule has 1 heterocycles. The summed E-state index contributed by atoms with van der Waals surface area (Å²) in [4.78, 5) is 13.2. The minimum Gasteiger partial charge on any atom is -0.462 e. The van der Waals surface area contributed by atoms with Crippen molar-refractivity contribution < 1.29 is 9.53 Å². The SMILES string of the molecule is CCOC(=O)c1c(Cl)cccc1-c1cc2ccccc2s1. The minimum atomic E-state index is -0.379. The van der Waals surface area contributed by atoms with Gasteiger partial charge in [-0.3, -0.25) is 0 Å². The largest absolute Gasteiger partial charge is 0.462 e. The van der Waals surface area contributed by atoms with E-state index >= 15 is 0 Å². The van der Waals surface area contributed by atoms with Crippen LogP contribution in [0.3, 0.4) is 0 Å². The molecule has 0 amide bonds. The lowest BCUT2D eigenvalue weighted by atomic mass is 10.1. The number of hydrogen-bond donors (Lipinski definition) is 0. The Morgan fingerprint density at radius 2 is 2.00 bits per heavy atom. The van der Waals surface area contributed by atoms with E-state index in [1.165, 1.54) is 4.70 Å². The van der Waals surface area contributed by atoms with Crippen molar-refractivity contribution in [2.45, 2.75) is 6.92 Å². The van der Waals surface area contributed by atoms with Gasteiger partial charge in [0.1, 0.15) is 0 Å². The van der Waals surface area contributed by atoms with Gasteiger partial charge < -0.3 is 4.74 Å². The summed E-state index contributed by atoms with van der Waals surface area (Å²) in [6, 6.07) is 15.7. The Hall–Kier alpha value is -1.84. The van der Waals surface area contributed by atoms with Gasteiger partial charge in [0, 0.05) is 15.1 Å². The third-order valence-corrected chi connectivity index (χ3v) is 4.65. The first-order valence-electron chi connectivity index (χ1n) is 6.65. The van der Waals surface area contributed by atoms with Crippen molar-refractivity contribution >= 4 is 39.0 Å². The van der Waals surface area contributed by atoms with E-state index in [0.29, 0.717) is 17.2 Å². The highest BCUT2D eigenvalue weighted by molar-refractivity contribution is 7.22. The van der Waals surface area contributed by atoms with Gasteiger partial charge >= 0.3 is 5.97 Å². The summed E-state index contributed by atoms with van der Waals surface area (Å²) in [7, 11) is 0. The summed E-state index contributed by atoms with van der Waals surface area (Å²) in [5, 5.41) is 1.58. The monoisotopic (exact) mass is 316 g/mol. The first kappa shape index (κ1) is 14.1. The average Bonchev–Trinajstić information content (AvgIpc) is 2.91. The number of esters is 1. The lowest BCUT2D eigenvalue weighted by Crippen LogP contribution is -2.07. The van der Waals surface area contributed by atoms with Gasteiger partial charge in [-0.2, -0.15) is 0 Å². The van der Waals surface area contributed by atoms with Gasteiger partial charge in [0.2, 0.25) is 0 Å². The molecule has 21 heavy (non-hydrogen) atoms. The topological polar surface area (TPSA) is 26.3 Å². The summed E-state index contributed by atoms with van der Waals surface area (Å²) in [6.45, 7) is 2.11. The van der Waals surface area contributed by atoms with Crippen LogP contribution in [0.2, 0.25) is 5.02 Å². The fraction of sp³-hybridized carbons (Fsp3) is 0.118. The molecule has 0 atom stereocenters. The van der Waals surface area contributed by atoms with Crippen LogP contribution in [0.4, 0.5) is 0 Å². The Bertz CT molecular complexity index is 774. The first-order chi connectivity index (χ1) is 10.2. The quantitative estimate of drug-likeness (QED) is 0.605. The summed E-state index contributed by atoms with van der Waals surface area (Å²) < 4.78 is 6.31. The highest BCUT2D eigenvalue weighted by Crippen LogP contribution is 2.37. The standard InChI is InChI=1S/C17H13ClO2S/c1-2-20-17(19)16-12(7-5-8-13(16)18)15-10-11-6-3-4-9-14(11)21-15/h3-10H,2H2,1H3. The molecule has 0 saturated heterocycles. The molecule has 3 rings (SSSR count). The van der Waals surface area contributed by atoms with Crippen molar-refractivity contribution in [1.82, 2.24) is 0 Å². The third kappa shape index (κ3) is 2.67. The molecular formula is C17H13ClO2S. The molecule has 4 heteroatoms. The van der Waals surface area contributed by atoms with E-state index in [-0.39, 0.29) is 5.97 Å². The molecule has 2 nitrogen and oxygen atoms in total. The molecule has 0 aliphatic rings. The van der Waals surface area contributed by atoms with Crippen LogP contribution in [-0.2, 0) is 4.74 Å². The van der Waals surface area contributed by atoms with E-state index < -0.39 is 0 Å². The Morgan fingerprint density at radius 1 is 1.19 bits per heavy atom. The second kappa shape index (κ2) is 5.88. The number of hydrogen-bond acceptors (Lipinski definition) is 3. The van der Waals surface area contributed by atoms with Crippen molar-refractivity contribution in [2.24, 2.45) is 0 Å². The zero-order valence-corrected chi connectivity index (χ0v) is 13.0. The summed E-state index contributed by atoms with van der Waals surface area (Å²) in [6.07, 6.45) is 0. The van der Waals surface area contributed by atoms with Crippen molar-refractivity contribution in [3.05, 3.63) is 59.1 Å². The van der Waals surface area contributed by atoms with Gasteiger partial charge in [0.05, 0.1) is 17.2 Å². The maximum absolute atomic E-state index is 12.2. The zero-order chi connectivity index (χ0) is 14.8. The van der Waals surface area contributed by atoms with E-state index in [1.54, 1.807) is 24.3 Å². The molecule has 3 aromatic rings. The highest BCUT2D eigenvalue weighted by atomic mass is 35.5. The van der Waals surface area contributed by atoms with Crippen LogP contribution in [0.15, 0.2) is 48.5 Å². The van der Waals surface area contributed by atoms with Crippen LogP contribution in [0.25, 0.3) is 20.5 Å². The number of carbonyl (C=O) groups is 1. The van der Waals surface area contributed by atoms with E-state index in [0.717, 1.165) is 15.8 Å². The molecule has 0 unspecified atom stereocenters. The summed E-state index contributed by atoms with van der Waals surface area (Å²) >= 11 is 7.85. The summed E-state index contributed by atoms with van der Waals surface area (Å²) in [5.41, 5.74) is 1.26. The lowest BCUT2D eigenvalue weighted by Gasteiger charge is -2.09. The Labute approximate surface area is 131 Å². The van der Waals surface area contributed by atoms with Crippen LogP contribution in [0, 0.1) is 0 Å². The summed E-state index contributed by atoms with van der Waals surface area (Å²) in [5.74, 6) is -0.379. The fourth-order valence-electron chi connectivity index (χ4n) is 2.25. The Morgan fingerprint density at radius 3 is 2.76 bits per heavy atom. The van der Waals surface area contributed by atoms with Crippen LogP contribution >= 0.6 is 22.9 Å². The molecule has 0 N–H and O–H groups in total. The number of thiophene rings is 1. The van der Waals surface area contributed by atoms with Crippen LogP contribution in [0.1, 0.15) is 17.3 Å². The number of benzene rings is 2. The molecule has 0 fully saturated rings. The third-order valence-electron chi connectivity index (χ3n) is 3.18. The predicted octanol–water partition coefficient (Wildman–Crippen LogP) is 5.40. The minimum absolute atomic E-state index is 0.329. The number of carbonyl (C=O) groups excluding carboxylic acids is 1. The molecule has 106 valence electrons. The van der Waals surface area contributed by atoms with Gasteiger partial charge in [-0.1, -0.05) is 41.9 Å². The Kier molecular flexibility index (Phi) is 3.95. The van der Waals surface area contributed by atoms with E-state index in [9.17, 15) is 4.79 Å². The number of rotatable bonds is 3. The van der Waals surface area contributed by atoms with Crippen molar-refractivity contribution in [2.75, 3.05) is 6.61 Å². The molecule has 0 bridgehead atoms. The second-order valence-corrected chi connectivity index (χ2v) is 6.02. The number of fused-ring (bicyclic) bond motifs is 1. The van der Waals surface area contributed by atoms with Crippen molar-refractivity contribution in [3.8, 4) is 10.4 Å². The molecular weight excluding hydrogens is 304 g/mol. The molecule has 1 aromatic heterocycles. The predicted molar refractivity (Wildman–Crippen MR) is 88.2 cm³/mol. The maximum Gasteiger partial charge on any atom is 0.340 e. The highest BCUT2D eigenvalue weighted by Gasteiger charge is 2.19. The van der Waals surface area contributed by atoms with E-state index in [2.05, 4.69) is 18.2 Å². The maximum atomic E-state index is 12.2. The molecule has 0 aliphatic heterocycles. The van der Waals surface area contributed by atoms with Gasteiger partial charge in [0.25, 0.3) is 0 Å². The molecule has 0 aliphatic carbocycles. The molecule has 0 spiro atoms. The average molecular weight is 317 g/mol. The smallest absolute Gasteiger partial charge is 0.340 e. The van der Waals surface area contributed by atoms with Gasteiger partial charge in [-0.05, 0) is 30.5 Å². The van der Waals surface area contributed by atoms with Gasteiger partial charge in [-0.15, -0.1) is 11.3 Å². The number of halogens is 1. The van der Waals surface area contributed by atoms with Crippen LogP contribution < -0.4 is 0 Å². The van der Waals surface area contributed by atoms with Crippen molar-refractivity contribution in [3.63, 3.8) is 0 Å². The molecule has 2 aromatic carbocycles. The van der Waals surface area contributed by atoms with Crippen LogP contribution in [-0.4, -0.2) is 12.6 Å².